The lowest BCUT2D eigenvalue weighted by atomic mass is 10.0. The standard InChI is InChI=1S/C22H26N4O3S/c1-5-26-18(27)13-24(4)21(29)19-16-9-10-25(12-17(16)30-22(19)26)20(28)14-7-6-8-15(11-14)23(2)3/h6-8,11H,5,9-10,12-13H2,1-4H3. The number of anilines is 2. The summed E-state index contributed by atoms with van der Waals surface area (Å²) in [7, 11) is 5.57. The van der Waals surface area contributed by atoms with Crippen molar-refractivity contribution in [3.8, 4) is 0 Å². The first kappa shape index (κ1) is 20.4. The summed E-state index contributed by atoms with van der Waals surface area (Å²) in [5, 5.41) is 0.728. The molecule has 0 saturated heterocycles. The zero-order valence-electron chi connectivity index (χ0n) is 17.8. The van der Waals surface area contributed by atoms with Gasteiger partial charge in [0.1, 0.15) is 11.5 Å². The van der Waals surface area contributed by atoms with Crippen molar-refractivity contribution in [3.05, 3.63) is 45.8 Å². The fourth-order valence-corrected chi connectivity index (χ4v) is 5.49. The molecule has 0 unspecified atom stereocenters. The van der Waals surface area contributed by atoms with Crippen molar-refractivity contribution in [2.24, 2.45) is 0 Å². The SMILES string of the molecule is CCN1C(=O)CN(C)C(=O)c2c1sc1c2CCN(C(=O)c2cccc(N(C)C)c2)C1. The Labute approximate surface area is 180 Å². The van der Waals surface area contributed by atoms with Crippen molar-refractivity contribution in [2.45, 2.75) is 19.9 Å². The number of amides is 3. The molecule has 2 aliphatic rings. The highest BCUT2D eigenvalue weighted by atomic mass is 32.1. The zero-order chi connectivity index (χ0) is 21.6. The Morgan fingerprint density at radius 2 is 1.97 bits per heavy atom. The monoisotopic (exact) mass is 426 g/mol. The summed E-state index contributed by atoms with van der Waals surface area (Å²) < 4.78 is 0. The molecule has 4 rings (SSSR count). The van der Waals surface area contributed by atoms with Gasteiger partial charge in [-0.1, -0.05) is 6.07 Å². The second-order valence-corrected chi connectivity index (χ2v) is 8.99. The Hall–Kier alpha value is -2.87. The molecule has 30 heavy (non-hydrogen) atoms. The fourth-order valence-electron chi connectivity index (χ4n) is 4.06. The molecule has 1 aromatic carbocycles. The van der Waals surface area contributed by atoms with E-state index in [2.05, 4.69) is 0 Å². The number of rotatable bonds is 3. The Bertz CT molecular complexity index is 1030. The van der Waals surface area contributed by atoms with Crippen LogP contribution in [0.3, 0.4) is 0 Å². The predicted octanol–water partition coefficient (Wildman–Crippen LogP) is 2.45. The van der Waals surface area contributed by atoms with Gasteiger partial charge in [-0.05, 0) is 37.1 Å². The highest BCUT2D eigenvalue weighted by Gasteiger charge is 2.37. The fraction of sp³-hybridized carbons (Fsp3) is 0.409. The summed E-state index contributed by atoms with van der Waals surface area (Å²) in [5.74, 6) is -0.191. The smallest absolute Gasteiger partial charge is 0.257 e. The molecule has 3 heterocycles. The van der Waals surface area contributed by atoms with E-state index in [4.69, 9.17) is 0 Å². The molecule has 7 nitrogen and oxygen atoms in total. The van der Waals surface area contributed by atoms with Crippen LogP contribution in [-0.2, 0) is 17.8 Å². The minimum Gasteiger partial charge on any atom is -0.378 e. The van der Waals surface area contributed by atoms with Crippen molar-refractivity contribution >= 4 is 39.7 Å². The van der Waals surface area contributed by atoms with Crippen LogP contribution in [0.15, 0.2) is 24.3 Å². The van der Waals surface area contributed by atoms with Crippen LogP contribution in [0, 0.1) is 0 Å². The maximum atomic E-state index is 13.1. The van der Waals surface area contributed by atoms with Gasteiger partial charge >= 0.3 is 0 Å². The number of thiophene rings is 1. The summed E-state index contributed by atoms with van der Waals surface area (Å²) in [6, 6.07) is 7.60. The summed E-state index contributed by atoms with van der Waals surface area (Å²) in [4.78, 5) is 46.7. The van der Waals surface area contributed by atoms with Gasteiger partial charge in [0, 0.05) is 50.4 Å². The number of carbonyl (C=O) groups is 3. The van der Waals surface area contributed by atoms with Crippen LogP contribution in [0.4, 0.5) is 10.7 Å². The van der Waals surface area contributed by atoms with E-state index in [1.54, 1.807) is 11.9 Å². The first-order chi connectivity index (χ1) is 14.3. The van der Waals surface area contributed by atoms with E-state index in [1.807, 2.05) is 55.1 Å². The maximum absolute atomic E-state index is 13.1. The highest BCUT2D eigenvalue weighted by Crippen LogP contribution is 2.41. The average molecular weight is 427 g/mol. The van der Waals surface area contributed by atoms with Crippen molar-refractivity contribution in [2.75, 3.05) is 50.6 Å². The second-order valence-electron chi connectivity index (χ2n) is 7.90. The van der Waals surface area contributed by atoms with Gasteiger partial charge in [-0.2, -0.15) is 0 Å². The largest absolute Gasteiger partial charge is 0.378 e. The van der Waals surface area contributed by atoms with Crippen LogP contribution in [0.5, 0.6) is 0 Å². The number of hydrogen-bond donors (Lipinski definition) is 0. The third-order valence-corrected chi connectivity index (χ3v) is 6.97. The number of fused-ring (bicyclic) bond motifs is 3. The number of likely N-dealkylation sites (N-methyl/N-ethyl adjacent to an activating group) is 2. The van der Waals surface area contributed by atoms with Gasteiger partial charge < -0.3 is 19.6 Å². The van der Waals surface area contributed by atoms with Crippen molar-refractivity contribution in [1.82, 2.24) is 9.80 Å². The topological polar surface area (TPSA) is 64.2 Å². The number of hydrogen-bond acceptors (Lipinski definition) is 5. The van der Waals surface area contributed by atoms with Gasteiger partial charge in [0.25, 0.3) is 11.8 Å². The van der Waals surface area contributed by atoms with E-state index in [-0.39, 0.29) is 24.3 Å². The molecular weight excluding hydrogens is 400 g/mol. The molecule has 3 amide bonds. The molecule has 0 spiro atoms. The van der Waals surface area contributed by atoms with Gasteiger partial charge in [0.2, 0.25) is 5.91 Å². The van der Waals surface area contributed by atoms with Crippen LogP contribution >= 0.6 is 11.3 Å². The molecule has 0 radical (unpaired) electrons. The number of benzene rings is 1. The molecule has 0 bridgehead atoms. The predicted molar refractivity (Wildman–Crippen MR) is 119 cm³/mol. The van der Waals surface area contributed by atoms with E-state index < -0.39 is 0 Å². The lowest BCUT2D eigenvalue weighted by Gasteiger charge is -2.28. The van der Waals surface area contributed by atoms with E-state index >= 15 is 0 Å². The molecule has 8 heteroatoms. The van der Waals surface area contributed by atoms with Gasteiger partial charge in [0.05, 0.1) is 12.1 Å². The summed E-state index contributed by atoms with van der Waals surface area (Å²) in [5.41, 5.74) is 3.27. The minimum absolute atomic E-state index is 0.0141. The van der Waals surface area contributed by atoms with Crippen LogP contribution in [0.1, 0.15) is 38.1 Å². The lowest BCUT2D eigenvalue weighted by molar-refractivity contribution is -0.118. The summed E-state index contributed by atoms with van der Waals surface area (Å²) >= 11 is 1.47. The Morgan fingerprint density at radius 3 is 2.67 bits per heavy atom. The zero-order valence-corrected chi connectivity index (χ0v) is 18.6. The van der Waals surface area contributed by atoms with E-state index in [1.165, 1.54) is 16.2 Å². The lowest BCUT2D eigenvalue weighted by Crippen LogP contribution is -2.38. The molecule has 0 aliphatic carbocycles. The van der Waals surface area contributed by atoms with E-state index in [9.17, 15) is 14.4 Å². The molecule has 1 aromatic heterocycles. The first-order valence-corrected chi connectivity index (χ1v) is 10.9. The molecule has 0 fully saturated rings. The highest BCUT2D eigenvalue weighted by molar-refractivity contribution is 7.17. The minimum atomic E-state index is -0.106. The molecule has 0 atom stereocenters. The van der Waals surface area contributed by atoms with Gasteiger partial charge in [-0.25, -0.2) is 0 Å². The van der Waals surface area contributed by atoms with Crippen LogP contribution in [-0.4, -0.2) is 68.3 Å². The summed E-state index contributed by atoms with van der Waals surface area (Å²) in [6.45, 7) is 3.55. The Balaban J connectivity index is 1.66. The normalized spacial score (nSPS) is 16.3. The quantitative estimate of drug-likeness (QED) is 0.756. The third-order valence-electron chi connectivity index (χ3n) is 5.73. The Kier molecular flexibility index (Phi) is 5.27. The van der Waals surface area contributed by atoms with Crippen molar-refractivity contribution in [3.63, 3.8) is 0 Å². The first-order valence-electron chi connectivity index (χ1n) is 10.1. The average Bonchev–Trinajstić information content (AvgIpc) is 3.07. The molecule has 2 aliphatic heterocycles. The van der Waals surface area contributed by atoms with Gasteiger partial charge in [-0.15, -0.1) is 11.3 Å². The van der Waals surface area contributed by atoms with E-state index in [0.29, 0.717) is 37.2 Å². The van der Waals surface area contributed by atoms with E-state index in [0.717, 1.165) is 21.1 Å². The Morgan fingerprint density at radius 1 is 1.20 bits per heavy atom. The van der Waals surface area contributed by atoms with Crippen LogP contribution in [0.2, 0.25) is 0 Å². The van der Waals surface area contributed by atoms with Crippen molar-refractivity contribution < 1.29 is 14.4 Å². The molecular formula is C22H26N4O3S. The van der Waals surface area contributed by atoms with Crippen LogP contribution in [0.25, 0.3) is 0 Å². The van der Waals surface area contributed by atoms with Gasteiger partial charge in [-0.3, -0.25) is 14.4 Å². The molecule has 0 N–H and O–H groups in total. The van der Waals surface area contributed by atoms with Crippen LogP contribution < -0.4 is 9.80 Å². The molecule has 158 valence electrons. The number of carbonyl (C=O) groups excluding carboxylic acids is 3. The molecule has 2 aromatic rings. The van der Waals surface area contributed by atoms with Gasteiger partial charge in [0.15, 0.2) is 0 Å². The molecule has 0 saturated carbocycles. The maximum Gasteiger partial charge on any atom is 0.257 e. The second kappa shape index (κ2) is 7.75. The van der Waals surface area contributed by atoms with Crippen molar-refractivity contribution in [1.29, 1.82) is 0 Å². The summed E-state index contributed by atoms with van der Waals surface area (Å²) in [6.07, 6.45) is 0.617. The number of nitrogens with zero attached hydrogens (tertiary/aromatic N) is 4. The third kappa shape index (κ3) is 3.35.